The predicted octanol–water partition coefficient (Wildman–Crippen LogP) is 11.4. The van der Waals surface area contributed by atoms with Crippen molar-refractivity contribution in [2.75, 3.05) is 85.9 Å². The number of benzene rings is 4. The van der Waals surface area contributed by atoms with Gasteiger partial charge in [0.15, 0.2) is 0 Å². The number of carbonyl (C=O) groups is 2. The molecule has 0 bridgehead atoms. The van der Waals surface area contributed by atoms with Crippen molar-refractivity contribution < 1.29 is 81.0 Å². The van der Waals surface area contributed by atoms with Crippen LogP contribution in [0.15, 0.2) is 97.1 Å². The molecule has 0 heterocycles. The maximum Gasteiger partial charge on any atom is 0.343 e. The van der Waals surface area contributed by atoms with Crippen molar-refractivity contribution in [3.05, 3.63) is 108 Å². The van der Waals surface area contributed by atoms with Crippen LogP contribution in [0.1, 0.15) is 124 Å². The van der Waals surface area contributed by atoms with E-state index in [2.05, 4.69) is 0 Å². The van der Waals surface area contributed by atoms with Gasteiger partial charge in [-0.2, -0.15) is 0 Å². The number of ether oxygens (including phenoxy) is 14. The number of aliphatic hydroxyl groups excluding tert-OH is 1. The summed E-state index contributed by atoms with van der Waals surface area (Å²) in [6.45, 7) is 30.6. The molecule has 0 radical (unpaired) electrons. The Kier molecular flexibility index (Phi) is 33.8. The van der Waals surface area contributed by atoms with Crippen LogP contribution < -0.4 is 9.47 Å². The molecule has 0 aliphatic carbocycles. The minimum atomic E-state index is -0.455. The molecule has 0 aromatic heterocycles. The molecule has 0 spiro atoms. The molecule has 0 amide bonds. The molecule has 12 unspecified atom stereocenters. The van der Waals surface area contributed by atoms with E-state index in [4.69, 9.17) is 71.4 Å². The molecule has 0 aliphatic heterocycles. The highest BCUT2D eigenvalue weighted by atomic mass is 16.6. The van der Waals surface area contributed by atoms with Gasteiger partial charge in [-0.25, -0.2) is 9.59 Å². The number of rotatable bonds is 44. The monoisotopic (exact) mass is 1160 g/mol. The molecule has 17 heteroatoms. The lowest BCUT2D eigenvalue weighted by atomic mass is 10.0. The van der Waals surface area contributed by atoms with Gasteiger partial charge in [-0.15, -0.1) is 0 Å². The summed E-state index contributed by atoms with van der Waals surface area (Å²) in [5.41, 5.74) is 4.73. The summed E-state index contributed by atoms with van der Waals surface area (Å²) < 4.78 is 82.3. The van der Waals surface area contributed by atoms with Crippen LogP contribution in [0.3, 0.4) is 0 Å². The second-order valence-corrected chi connectivity index (χ2v) is 21.8. The van der Waals surface area contributed by atoms with E-state index in [-0.39, 0.29) is 85.8 Å². The van der Waals surface area contributed by atoms with Gasteiger partial charge >= 0.3 is 11.9 Å². The molecule has 0 saturated carbocycles. The van der Waals surface area contributed by atoms with Crippen molar-refractivity contribution in [2.45, 2.75) is 176 Å². The summed E-state index contributed by atoms with van der Waals surface area (Å²) in [4.78, 5) is 25.3. The van der Waals surface area contributed by atoms with Gasteiger partial charge in [0.1, 0.15) is 17.6 Å². The van der Waals surface area contributed by atoms with Gasteiger partial charge in [0.2, 0.25) is 0 Å². The van der Waals surface area contributed by atoms with Crippen molar-refractivity contribution in [1.29, 1.82) is 0 Å². The number of esters is 2. The zero-order valence-corrected chi connectivity index (χ0v) is 51.8. The van der Waals surface area contributed by atoms with Crippen LogP contribution in [-0.4, -0.2) is 176 Å². The Morgan fingerprint density at radius 2 is 0.590 bits per heavy atom. The maximum atomic E-state index is 13.0. The van der Waals surface area contributed by atoms with Crippen LogP contribution >= 0.6 is 0 Å². The summed E-state index contributed by atoms with van der Waals surface area (Å²) >= 11 is 0. The smallest absolute Gasteiger partial charge is 0.343 e. The number of hydrogen-bond acceptors (Lipinski definition) is 17. The second-order valence-electron chi connectivity index (χ2n) is 21.8. The number of carbonyl (C=O) groups excluding carboxylic acids is 2. The SMILES string of the molecule is CCCCOC(=O)c1ccc(-c2ccc(OC(=O)c3ccc(-c4ccc(OC(C)COC(C)COC(C)COC(C)COC(C)COC(C)COC(C)COC(C)COC(C)COC(C)COC(C)COC(C)CO)cc4)cc3)cc2)cc1. The van der Waals surface area contributed by atoms with Gasteiger partial charge in [0.25, 0.3) is 0 Å². The quantitative estimate of drug-likeness (QED) is 0.0250. The molecule has 4 rings (SSSR count). The highest BCUT2D eigenvalue weighted by molar-refractivity contribution is 5.92. The average Bonchev–Trinajstić information content (AvgIpc) is 3.54. The molecule has 17 nitrogen and oxygen atoms in total. The van der Waals surface area contributed by atoms with Gasteiger partial charge in [-0.1, -0.05) is 61.9 Å². The van der Waals surface area contributed by atoms with Crippen molar-refractivity contribution in [3.63, 3.8) is 0 Å². The standard InChI is InChI=1S/C66H98O17/c1-14-15-32-70-65(68)61-20-16-57(17-21-61)60-26-30-64(31-27-60)83-66(69)62-22-18-58(19-23-62)59-24-28-63(29-25-59)82-56(13)44-81-55(12)43-80-54(11)42-79-53(10)41-78-52(9)40-77-51(8)39-76-50(7)38-75-49(6)37-74-48(5)36-73-47(4)35-72-46(3)34-71-45(2)33-67/h16-31,45-56,67H,14-15,32-44H2,1-13H3. The fourth-order valence-electron chi connectivity index (χ4n) is 7.70. The number of unbranched alkanes of at least 4 members (excludes halogenated alkanes) is 1. The average molecular weight is 1160 g/mol. The Morgan fingerprint density at radius 3 is 0.880 bits per heavy atom. The third-order valence-corrected chi connectivity index (χ3v) is 12.9. The fourth-order valence-corrected chi connectivity index (χ4v) is 7.70. The van der Waals surface area contributed by atoms with Gasteiger partial charge in [0.05, 0.1) is 164 Å². The van der Waals surface area contributed by atoms with Gasteiger partial charge in [-0.05, 0) is 160 Å². The van der Waals surface area contributed by atoms with Crippen LogP contribution in [-0.2, 0) is 56.8 Å². The first-order chi connectivity index (χ1) is 39.8. The topological polar surface area (TPSA) is 184 Å². The summed E-state index contributed by atoms with van der Waals surface area (Å²) in [6.07, 6.45) is 0.220. The van der Waals surface area contributed by atoms with Crippen molar-refractivity contribution >= 4 is 11.9 Å². The van der Waals surface area contributed by atoms with Crippen LogP contribution in [0.2, 0.25) is 0 Å². The summed E-state index contributed by atoms with van der Waals surface area (Å²) in [5.74, 6) is 0.368. The van der Waals surface area contributed by atoms with Crippen molar-refractivity contribution in [2.24, 2.45) is 0 Å². The van der Waals surface area contributed by atoms with E-state index in [0.29, 0.717) is 96.2 Å². The molecule has 4 aromatic rings. The highest BCUT2D eigenvalue weighted by Gasteiger charge is 2.18. The minimum absolute atomic E-state index is 0.0154. The van der Waals surface area contributed by atoms with Crippen molar-refractivity contribution in [3.8, 4) is 33.8 Å². The fraction of sp³-hybridized carbons (Fsp3) is 0.606. The van der Waals surface area contributed by atoms with Gasteiger partial charge in [-0.3, -0.25) is 0 Å². The van der Waals surface area contributed by atoms with E-state index in [1.54, 1.807) is 36.4 Å². The third-order valence-electron chi connectivity index (χ3n) is 12.9. The van der Waals surface area contributed by atoms with E-state index >= 15 is 0 Å². The van der Waals surface area contributed by atoms with E-state index in [9.17, 15) is 9.59 Å². The Hall–Kier alpha value is -4.86. The lowest BCUT2D eigenvalue weighted by Gasteiger charge is -2.23. The molecule has 0 saturated heterocycles. The largest absolute Gasteiger partial charge is 0.488 e. The van der Waals surface area contributed by atoms with Gasteiger partial charge in [0, 0.05) is 0 Å². The first kappa shape index (κ1) is 70.6. The van der Waals surface area contributed by atoms with Crippen LogP contribution in [0.4, 0.5) is 0 Å². The predicted molar refractivity (Wildman–Crippen MR) is 321 cm³/mol. The first-order valence-corrected chi connectivity index (χ1v) is 29.7. The zero-order chi connectivity index (χ0) is 60.5. The normalized spacial score (nSPS) is 16.1. The summed E-state index contributed by atoms with van der Waals surface area (Å²) in [6, 6.07) is 29.6. The molecule has 0 fully saturated rings. The number of hydrogen-bond donors (Lipinski definition) is 1. The van der Waals surface area contributed by atoms with Crippen LogP contribution in [0.25, 0.3) is 22.3 Å². The second kappa shape index (κ2) is 39.7. The van der Waals surface area contributed by atoms with E-state index in [0.717, 1.165) is 40.8 Å². The molecule has 4 aromatic carbocycles. The van der Waals surface area contributed by atoms with Crippen molar-refractivity contribution in [1.82, 2.24) is 0 Å². The van der Waals surface area contributed by atoms with E-state index in [1.807, 2.05) is 151 Å². The summed E-state index contributed by atoms with van der Waals surface area (Å²) in [7, 11) is 0. The number of aliphatic hydroxyl groups is 1. The molecule has 83 heavy (non-hydrogen) atoms. The van der Waals surface area contributed by atoms with Gasteiger partial charge < -0.3 is 71.4 Å². The van der Waals surface area contributed by atoms with E-state index < -0.39 is 5.97 Å². The lowest BCUT2D eigenvalue weighted by Crippen LogP contribution is -2.31. The maximum absolute atomic E-state index is 13.0. The Labute approximate surface area is 495 Å². The molecule has 12 atom stereocenters. The first-order valence-electron chi connectivity index (χ1n) is 29.7. The molecule has 1 N–H and O–H groups in total. The summed E-state index contributed by atoms with van der Waals surface area (Å²) in [5, 5.41) is 9.09. The minimum Gasteiger partial charge on any atom is -0.488 e. The highest BCUT2D eigenvalue weighted by Crippen LogP contribution is 2.26. The van der Waals surface area contributed by atoms with Crippen LogP contribution in [0.5, 0.6) is 11.5 Å². The molecular weight excluding hydrogens is 1060 g/mol. The lowest BCUT2D eigenvalue weighted by molar-refractivity contribution is -0.113. The Morgan fingerprint density at radius 1 is 0.337 bits per heavy atom. The third kappa shape index (κ3) is 29.7. The Balaban J connectivity index is 0.998. The van der Waals surface area contributed by atoms with Crippen LogP contribution in [0, 0.1) is 0 Å². The zero-order valence-electron chi connectivity index (χ0n) is 51.8. The molecule has 0 aliphatic rings. The molecule has 464 valence electrons. The molecular formula is C66H98O17. The van der Waals surface area contributed by atoms with E-state index in [1.165, 1.54) is 0 Å². The Bertz CT molecular complexity index is 2330.